The first-order valence-electron chi connectivity index (χ1n) is 12.4. The van der Waals surface area contributed by atoms with E-state index in [0.29, 0.717) is 23.7 Å². The third-order valence-electron chi connectivity index (χ3n) is 4.71. The zero-order valence-corrected chi connectivity index (χ0v) is 27.7. The first-order chi connectivity index (χ1) is 18.1. The molecule has 0 bridgehead atoms. The van der Waals surface area contributed by atoms with Crippen molar-refractivity contribution in [2.75, 3.05) is 0 Å². The number of nitrogens with one attached hydrogen (secondary N) is 2. The van der Waals surface area contributed by atoms with Crippen LogP contribution in [0.25, 0.3) is 0 Å². The van der Waals surface area contributed by atoms with Gasteiger partial charge in [-0.2, -0.15) is 70.8 Å². The molecule has 0 aliphatic heterocycles. The number of hydrogen-bond donors (Lipinski definition) is 2. The van der Waals surface area contributed by atoms with Crippen LogP contribution in [0.2, 0.25) is 0 Å². The summed E-state index contributed by atoms with van der Waals surface area (Å²) in [4.78, 5) is 6.06. The van der Waals surface area contributed by atoms with E-state index in [9.17, 15) is 22.0 Å². The molecule has 0 unspecified atom stereocenters. The second kappa shape index (κ2) is 23.2. The van der Waals surface area contributed by atoms with Crippen molar-refractivity contribution in [1.82, 2.24) is 9.97 Å². The van der Waals surface area contributed by atoms with Gasteiger partial charge in [-0.15, -0.1) is 6.92 Å². The van der Waals surface area contributed by atoms with E-state index in [2.05, 4.69) is 127 Å². The number of aromatic amines is 2. The van der Waals surface area contributed by atoms with Crippen molar-refractivity contribution >= 4 is 13.0 Å². The molecular weight excluding hydrogens is 760 g/mol. The zero-order valence-electron chi connectivity index (χ0n) is 24.0. The summed E-state index contributed by atoms with van der Waals surface area (Å²) in [5.41, 5.74) is 5.28. The van der Waals surface area contributed by atoms with E-state index in [0.717, 1.165) is 6.92 Å². The maximum atomic E-state index is 10.2. The van der Waals surface area contributed by atoms with Crippen molar-refractivity contribution in [3.63, 3.8) is 0 Å². The molecule has 0 saturated heterocycles. The van der Waals surface area contributed by atoms with Crippen LogP contribution in [0.4, 0.5) is 22.0 Å². The van der Waals surface area contributed by atoms with Gasteiger partial charge >= 0.3 is 56.2 Å². The molecule has 0 fully saturated rings. The van der Waals surface area contributed by atoms with Crippen LogP contribution in [0, 0.1) is 28.9 Å². The summed E-state index contributed by atoms with van der Waals surface area (Å²) in [5.74, 6) is 2.35. The van der Waals surface area contributed by atoms with Crippen LogP contribution in [0.3, 0.4) is 0 Å². The molecule has 0 radical (unpaired) electrons. The van der Waals surface area contributed by atoms with Gasteiger partial charge in [-0.05, 0) is 30.1 Å². The Bertz CT molecular complexity index is 917. The van der Waals surface area contributed by atoms with Crippen LogP contribution in [0.15, 0.2) is 48.8 Å². The maximum absolute atomic E-state index is 10.2. The summed E-state index contributed by atoms with van der Waals surface area (Å²) in [6.07, 6.45) is 2.18. The topological polar surface area (TPSA) is 31.6 Å². The quantitative estimate of drug-likeness (QED) is 0.150. The predicted molar refractivity (Wildman–Crippen MR) is 152 cm³/mol. The number of benzene rings is 2. The molecule has 2 aromatic carbocycles. The van der Waals surface area contributed by atoms with E-state index in [1.807, 2.05) is 12.4 Å². The molecule has 0 spiro atoms. The molecule has 3 rings (SSSR count). The minimum atomic E-state index is -3.08. The van der Waals surface area contributed by atoms with E-state index in [-0.39, 0.29) is 17.2 Å². The average molecular weight is 802 g/mol. The molecule has 228 valence electrons. The van der Waals surface area contributed by atoms with E-state index < -0.39 is 13.1 Å². The summed E-state index contributed by atoms with van der Waals surface area (Å²) < 4.78 is 50.4. The Morgan fingerprint density at radius 1 is 0.641 bits per heavy atom. The fraction of sp³-hybridized carbons (Fsp3) is 0.433. The van der Waals surface area contributed by atoms with Crippen molar-refractivity contribution in [2.24, 2.45) is 0 Å². The zero-order chi connectivity index (χ0) is 30.5. The Morgan fingerprint density at radius 3 is 1.03 bits per heavy atom. The molecule has 1 aromatic heterocycles. The minimum absolute atomic E-state index is 0.143. The molecule has 1 heterocycles. The first kappa shape index (κ1) is 39.7. The molecule has 0 amide bonds. The SMILES string of the molecule is CC(C)c1[c-]c(C(C)C)ccc1.CC(C)c1[c-]c(C(C)C)ccc1.C[C-](F)F.F[C-](F)F.[Br][Au]=[c]1[nH]cc[nH]1. The van der Waals surface area contributed by atoms with Gasteiger partial charge in [0.1, 0.15) is 0 Å². The van der Waals surface area contributed by atoms with Crippen molar-refractivity contribution in [3.05, 3.63) is 99.9 Å². The summed E-state index contributed by atoms with van der Waals surface area (Å²) in [6.45, 7) is 15.3. The number of imidazole rings is 1. The monoisotopic (exact) mass is 800 g/mol. The van der Waals surface area contributed by atoms with Crippen molar-refractivity contribution in [1.29, 1.82) is 0 Å². The molecule has 39 heavy (non-hydrogen) atoms. The second-order valence-electron chi connectivity index (χ2n) is 9.36. The molecule has 2 N–H and O–H groups in total. The average Bonchev–Trinajstić information content (AvgIpc) is 3.38. The summed E-state index contributed by atoms with van der Waals surface area (Å²) in [6, 6.07) is 19.7. The molecule has 9 heteroatoms. The van der Waals surface area contributed by atoms with Gasteiger partial charge in [-0.1, -0.05) is 55.4 Å². The molecule has 0 atom stereocenters. The van der Waals surface area contributed by atoms with Gasteiger partial charge in [0.15, 0.2) is 6.68 Å². The molecule has 0 aliphatic rings. The Labute approximate surface area is 247 Å². The van der Waals surface area contributed by atoms with Crippen LogP contribution in [-0.4, -0.2) is 9.97 Å². The van der Waals surface area contributed by atoms with Crippen LogP contribution in [0.5, 0.6) is 0 Å². The number of hydrogen-bond acceptors (Lipinski definition) is 0. The standard InChI is InChI=1S/2C12H17.C3H4N2.C2H3F2.CF3.Au.BrH/c2*1-9(2)11-6-5-7-12(8-11)10(3)4;1-2-5-3-4-1;1-2(3)4;2-1(3)4;;/h2*5-7,9-10H,1-4H3;1-2,4-5H;1H3;;;1H/q2*-1;;2*-1;+1;/p-1. The summed E-state index contributed by atoms with van der Waals surface area (Å²) in [7, 11) is 0. The molecule has 3 aromatic rings. The first-order valence-corrected chi connectivity index (χ1v) is 18.2. The Kier molecular flexibility index (Phi) is 23.6. The third kappa shape index (κ3) is 23.0. The van der Waals surface area contributed by atoms with Crippen LogP contribution in [-0.2, 0) is 17.2 Å². The molecule has 2 nitrogen and oxygen atoms in total. The van der Waals surface area contributed by atoms with E-state index >= 15 is 0 Å². The van der Waals surface area contributed by atoms with Crippen molar-refractivity contribution in [2.45, 2.75) is 86.0 Å². The van der Waals surface area contributed by atoms with Crippen LogP contribution in [0.1, 0.15) is 108 Å². The van der Waals surface area contributed by atoms with Gasteiger partial charge in [-0.3, -0.25) is 0 Å². The Balaban J connectivity index is 0. The Morgan fingerprint density at radius 2 is 0.872 bits per heavy atom. The van der Waals surface area contributed by atoms with Crippen molar-refractivity contribution < 1.29 is 39.1 Å². The van der Waals surface area contributed by atoms with E-state index in [4.69, 9.17) is 0 Å². The van der Waals surface area contributed by atoms with Gasteiger partial charge in [-0.25, -0.2) is 0 Å². The van der Waals surface area contributed by atoms with Gasteiger partial charge < -0.3 is 22.0 Å². The van der Waals surface area contributed by atoms with E-state index in [1.54, 1.807) is 0 Å². The Hall–Kier alpha value is -1.48. The van der Waals surface area contributed by atoms with Gasteiger partial charge in [0.05, 0.1) is 0 Å². The number of H-pyrrole nitrogens is 2. The fourth-order valence-corrected chi connectivity index (χ4v) is 4.38. The van der Waals surface area contributed by atoms with Crippen LogP contribution < -0.4 is 0 Å². The number of halogens is 6. The third-order valence-corrected chi connectivity index (χ3v) is 7.70. The normalized spacial score (nSPS) is 10.5. The van der Waals surface area contributed by atoms with E-state index in [1.165, 1.54) is 25.9 Å². The molecule has 0 aliphatic carbocycles. The molecular formula is C30H41AuBrF5N2-4. The number of rotatable bonds is 4. The molecule has 0 saturated carbocycles. The fourth-order valence-electron chi connectivity index (χ4n) is 2.65. The summed E-state index contributed by atoms with van der Waals surface area (Å²) in [5, 5.41) is 0. The predicted octanol–water partition coefficient (Wildman–Crippen LogP) is 11.5. The van der Waals surface area contributed by atoms with Gasteiger partial charge in [0.25, 0.3) is 0 Å². The van der Waals surface area contributed by atoms with Crippen molar-refractivity contribution in [3.8, 4) is 0 Å². The second-order valence-corrected chi connectivity index (χ2v) is 12.8. The number of aromatic nitrogens is 2. The van der Waals surface area contributed by atoms with Crippen LogP contribution >= 0.6 is 13.0 Å². The van der Waals surface area contributed by atoms with Gasteiger partial charge in [0.2, 0.25) is 0 Å². The summed E-state index contributed by atoms with van der Waals surface area (Å²) >= 11 is 3.51. The van der Waals surface area contributed by atoms with Gasteiger partial charge in [0, 0.05) is 0 Å².